The van der Waals surface area contributed by atoms with Crippen molar-refractivity contribution < 1.29 is 0 Å². The Bertz CT molecular complexity index is 669. The van der Waals surface area contributed by atoms with Crippen LogP contribution in [0, 0.1) is 6.92 Å². The Morgan fingerprint density at radius 1 is 1.04 bits per heavy atom. The van der Waals surface area contributed by atoms with Gasteiger partial charge in [0.15, 0.2) is 10.3 Å². The molecule has 1 aromatic heterocycles. The molecule has 1 aromatic carbocycles. The minimum absolute atomic E-state index is 0.374. The van der Waals surface area contributed by atoms with Crippen LogP contribution in [-0.2, 0) is 0 Å². The lowest BCUT2D eigenvalue weighted by atomic mass is 10.2. The summed E-state index contributed by atoms with van der Waals surface area (Å²) < 4.78 is 0. The van der Waals surface area contributed by atoms with Gasteiger partial charge < -0.3 is 10.2 Å². The smallest absolute Gasteiger partial charge is 0.175 e. The maximum absolute atomic E-state index is 6.13. The van der Waals surface area contributed by atoms with E-state index in [1.165, 1.54) is 11.3 Å². The second-order valence-corrected chi connectivity index (χ2v) is 6.71. The van der Waals surface area contributed by atoms with Gasteiger partial charge in [-0.15, -0.1) is 10.2 Å². The SMILES string of the molecule is Cc1ccc(NCCN2CCN(c3cc(Cl)nnc3Cl)CC2)cc1. The maximum Gasteiger partial charge on any atom is 0.175 e. The zero-order valence-electron chi connectivity index (χ0n) is 13.7. The summed E-state index contributed by atoms with van der Waals surface area (Å²) in [5.74, 6) is 0. The molecule has 0 bridgehead atoms. The van der Waals surface area contributed by atoms with Gasteiger partial charge in [0.1, 0.15) is 0 Å². The van der Waals surface area contributed by atoms with Crippen LogP contribution in [0.15, 0.2) is 30.3 Å². The number of anilines is 2. The molecule has 1 aliphatic rings. The van der Waals surface area contributed by atoms with Crippen LogP contribution in [0.4, 0.5) is 11.4 Å². The monoisotopic (exact) mass is 365 g/mol. The van der Waals surface area contributed by atoms with Gasteiger partial charge in [-0.05, 0) is 19.1 Å². The van der Waals surface area contributed by atoms with E-state index in [2.05, 4.69) is 56.5 Å². The summed E-state index contributed by atoms with van der Waals surface area (Å²) in [4.78, 5) is 4.66. The molecule has 0 aliphatic carbocycles. The summed E-state index contributed by atoms with van der Waals surface area (Å²) in [5, 5.41) is 11.9. The summed E-state index contributed by atoms with van der Waals surface area (Å²) in [7, 11) is 0. The maximum atomic E-state index is 6.13. The number of halogens is 2. The standard InChI is InChI=1S/C17H21Cl2N5/c1-13-2-4-14(5-3-13)20-6-7-23-8-10-24(11-9-23)15-12-16(18)21-22-17(15)19/h2-5,12,20H,6-11H2,1H3. The van der Waals surface area contributed by atoms with E-state index in [-0.39, 0.29) is 0 Å². The van der Waals surface area contributed by atoms with Crippen molar-refractivity contribution in [2.45, 2.75) is 6.92 Å². The molecule has 7 heteroatoms. The molecule has 3 rings (SSSR count). The number of aromatic nitrogens is 2. The first kappa shape index (κ1) is 17.3. The molecule has 0 spiro atoms. The molecule has 0 radical (unpaired) electrons. The highest BCUT2D eigenvalue weighted by Crippen LogP contribution is 2.26. The minimum Gasteiger partial charge on any atom is -0.384 e. The Labute approximate surface area is 152 Å². The fraction of sp³-hybridized carbons (Fsp3) is 0.412. The van der Waals surface area contributed by atoms with Crippen molar-refractivity contribution >= 4 is 34.6 Å². The lowest BCUT2D eigenvalue weighted by Gasteiger charge is -2.36. The molecule has 0 unspecified atom stereocenters. The molecule has 0 atom stereocenters. The normalized spacial score (nSPS) is 15.5. The highest BCUT2D eigenvalue weighted by atomic mass is 35.5. The number of hydrogen-bond acceptors (Lipinski definition) is 5. The summed E-state index contributed by atoms with van der Waals surface area (Å²) in [6, 6.07) is 10.3. The van der Waals surface area contributed by atoms with Crippen LogP contribution >= 0.6 is 23.2 Å². The van der Waals surface area contributed by atoms with E-state index in [0.29, 0.717) is 10.3 Å². The fourth-order valence-corrected chi connectivity index (χ4v) is 3.16. The van der Waals surface area contributed by atoms with Gasteiger partial charge >= 0.3 is 0 Å². The molecule has 1 fully saturated rings. The van der Waals surface area contributed by atoms with E-state index >= 15 is 0 Å². The largest absolute Gasteiger partial charge is 0.384 e. The van der Waals surface area contributed by atoms with E-state index in [9.17, 15) is 0 Å². The first-order chi connectivity index (χ1) is 11.6. The Hall–Kier alpha value is -1.56. The number of rotatable bonds is 5. The van der Waals surface area contributed by atoms with Crippen LogP contribution < -0.4 is 10.2 Å². The van der Waals surface area contributed by atoms with E-state index in [4.69, 9.17) is 23.2 Å². The summed E-state index contributed by atoms with van der Waals surface area (Å²) in [5.41, 5.74) is 3.32. The van der Waals surface area contributed by atoms with Crippen molar-refractivity contribution in [2.24, 2.45) is 0 Å². The second kappa shape index (κ2) is 8.01. The van der Waals surface area contributed by atoms with Crippen LogP contribution in [0.5, 0.6) is 0 Å². The predicted octanol–water partition coefficient (Wildman–Crippen LogP) is 3.33. The first-order valence-corrected chi connectivity index (χ1v) is 8.84. The third-order valence-corrected chi connectivity index (χ3v) is 4.68. The van der Waals surface area contributed by atoms with Gasteiger partial charge in [-0.2, -0.15) is 0 Å². The zero-order valence-corrected chi connectivity index (χ0v) is 15.2. The number of nitrogens with zero attached hydrogens (tertiary/aromatic N) is 4. The fourth-order valence-electron chi connectivity index (χ4n) is 2.81. The number of aryl methyl sites for hydroxylation is 1. The molecule has 24 heavy (non-hydrogen) atoms. The van der Waals surface area contributed by atoms with Crippen LogP contribution in [0.3, 0.4) is 0 Å². The molecular weight excluding hydrogens is 345 g/mol. The van der Waals surface area contributed by atoms with Gasteiger partial charge in [0.25, 0.3) is 0 Å². The second-order valence-electron chi connectivity index (χ2n) is 5.96. The highest BCUT2D eigenvalue weighted by molar-refractivity contribution is 6.33. The van der Waals surface area contributed by atoms with Crippen molar-refractivity contribution in [1.29, 1.82) is 0 Å². The lowest BCUT2D eigenvalue weighted by molar-refractivity contribution is 0.267. The van der Waals surface area contributed by atoms with E-state index < -0.39 is 0 Å². The van der Waals surface area contributed by atoms with Gasteiger partial charge in [-0.3, -0.25) is 4.90 Å². The van der Waals surface area contributed by atoms with Crippen molar-refractivity contribution in [1.82, 2.24) is 15.1 Å². The number of hydrogen-bond donors (Lipinski definition) is 1. The Morgan fingerprint density at radius 3 is 2.46 bits per heavy atom. The molecule has 1 N–H and O–H groups in total. The van der Waals surface area contributed by atoms with E-state index in [1.54, 1.807) is 6.07 Å². The van der Waals surface area contributed by atoms with Crippen molar-refractivity contribution in [3.63, 3.8) is 0 Å². The summed E-state index contributed by atoms with van der Waals surface area (Å²) >= 11 is 12.1. The average Bonchev–Trinajstić information content (AvgIpc) is 2.59. The van der Waals surface area contributed by atoms with Crippen molar-refractivity contribution in [3.8, 4) is 0 Å². The summed E-state index contributed by atoms with van der Waals surface area (Å²) in [6.45, 7) is 7.86. The molecule has 0 saturated carbocycles. The Kier molecular flexibility index (Phi) is 5.76. The predicted molar refractivity (Wildman–Crippen MR) is 100 cm³/mol. The van der Waals surface area contributed by atoms with Gasteiger partial charge in [0, 0.05) is 51.0 Å². The van der Waals surface area contributed by atoms with Gasteiger partial charge in [-0.25, -0.2) is 0 Å². The topological polar surface area (TPSA) is 44.3 Å². The minimum atomic E-state index is 0.374. The zero-order chi connectivity index (χ0) is 16.9. The molecule has 1 saturated heterocycles. The van der Waals surface area contributed by atoms with Crippen LogP contribution in [0.1, 0.15) is 5.56 Å². The number of piperazine rings is 1. The van der Waals surface area contributed by atoms with Crippen molar-refractivity contribution in [2.75, 3.05) is 49.5 Å². The molecular formula is C17H21Cl2N5. The van der Waals surface area contributed by atoms with E-state index in [0.717, 1.165) is 45.0 Å². The molecule has 1 aliphatic heterocycles. The molecule has 5 nitrogen and oxygen atoms in total. The first-order valence-electron chi connectivity index (χ1n) is 8.08. The molecule has 2 heterocycles. The van der Waals surface area contributed by atoms with Crippen molar-refractivity contribution in [3.05, 3.63) is 46.2 Å². The van der Waals surface area contributed by atoms with Crippen LogP contribution in [-0.4, -0.2) is 54.4 Å². The van der Waals surface area contributed by atoms with Crippen LogP contribution in [0.25, 0.3) is 0 Å². The molecule has 128 valence electrons. The van der Waals surface area contributed by atoms with Crippen LogP contribution in [0.2, 0.25) is 10.3 Å². The Morgan fingerprint density at radius 2 is 1.75 bits per heavy atom. The lowest BCUT2D eigenvalue weighted by Crippen LogP contribution is -2.47. The third kappa shape index (κ3) is 4.50. The Balaban J connectivity index is 1.45. The number of benzene rings is 1. The third-order valence-electron chi connectivity index (χ3n) is 4.22. The van der Waals surface area contributed by atoms with E-state index in [1.807, 2.05) is 0 Å². The van der Waals surface area contributed by atoms with Gasteiger partial charge in [0.05, 0.1) is 5.69 Å². The number of nitrogens with one attached hydrogen (secondary N) is 1. The molecule has 2 aromatic rings. The quantitative estimate of drug-likeness (QED) is 0.880. The summed E-state index contributed by atoms with van der Waals surface area (Å²) in [6.07, 6.45) is 0. The highest BCUT2D eigenvalue weighted by Gasteiger charge is 2.19. The van der Waals surface area contributed by atoms with Gasteiger partial charge in [0.2, 0.25) is 0 Å². The average molecular weight is 366 g/mol. The van der Waals surface area contributed by atoms with Gasteiger partial charge in [-0.1, -0.05) is 40.9 Å². The molecule has 0 amide bonds.